The van der Waals surface area contributed by atoms with Gasteiger partial charge in [0.15, 0.2) is 0 Å². The highest BCUT2D eigenvalue weighted by Gasteiger charge is 2.09. The molecule has 32 heavy (non-hydrogen) atoms. The summed E-state index contributed by atoms with van der Waals surface area (Å²) in [4.78, 5) is 24.8. The summed E-state index contributed by atoms with van der Waals surface area (Å²) in [5.74, 6) is 0.275. The van der Waals surface area contributed by atoms with E-state index in [1.54, 1.807) is 55.6 Å². The Bertz CT molecular complexity index is 1000. The largest absolute Gasteiger partial charge is 0.493 e. The van der Waals surface area contributed by atoms with Crippen molar-refractivity contribution in [3.05, 3.63) is 95.6 Å². The van der Waals surface area contributed by atoms with Gasteiger partial charge in [-0.3, -0.25) is 9.59 Å². The highest BCUT2D eigenvalue weighted by molar-refractivity contribution is 6.05. The van der Waals surface area contributed by atoms with Crippen LogP contribution in [-0.4, -0.2) is 38.7 Å². The summed E-state index contributed by atoms with van der Waals surface area (Å²) in [6, 6.07) is 24.0. The first kappa shape index (κ1) is 23.0. The van der Waals surface area contributed by atoms with Crippen LogP contribution in [0.4, 0.5) is 5.69 Å². The average molecular weight is 433 g/mol. The van der Waals surface area contributed by atoms with Gasteiger partial charge in [0.25, 0.3) is 11.8 Å². The third-order valence-corrected chi connectivity index (χ3v) is 4.81. The molecule has 0 aliphatic rings. The maximum atomic E-state index is 12.6. The van der Waals surface area contributed by atoms with Crippen molar-refractivity contribution >= 4 is 17.5 Å². The van der Waals surface area contributed by atoms with Crippen LogP contribution in [-0.2, 0) is 11.2 Å². The molecule has 6 heteroatoms. The first-order valence-corrected chi connectivity index (χ1v) is 10.6. The van der Waals surface area contributed by atoms with Crippen molar-refractivity contribution in [2.24, 2.45) is 0 Å². The van der Waals surface area contributed by atoms with Crippen molar-refractivity contribution in [2.75, 3.05) is 32.2 Å². The number of anilines is 1. The van der Waals surface area contributed by atoms with Crippen LogP contribution in [0.3, 0.4) is 0 Å². The van der Waals surface area contributed by atoms with Gasteiger partial charge in [-0.1, -0.05) is 36.4 Å². The van der Waals surface area contributed by atoms with Gasteiger partial charge < -0.3 is 20.1 Å². The molecule has 0 fully saturated rings. The van der Waals surface area contributed by atoms with Gasteiger partial charge in [-0.05, 0) is 54.4 Å². The van der Waals surface area contributed by atoms with Gasteiger partial charge in [0.1, 0.15) is 5.75 Å². The van der Waals surface area contributed by atoms with Crippen molar-refractivity contribution in [2.45, 2.75) is 12.8 Å². The van der Waals surface area contributed by atoms with E-state index >= 15 is 0 Å². The van der Waals surface area contributed by atoms with Crippen molar-refractivity contribution in [3.63, 3.8) is 0 Å². The number of carbonyl (C=O) groups is 2. The van der Waals surface area contributed by atoms with Crippen LogP contribution in [0, 0.1) is 0 Å². The molecule has 3 aromatic rings. The van der Waals surface area contributed by atoms with Gasteiger partial charge in [0.2, 0.25) is 0 Å². The number of hydrogen-bond donors (Lipinski definition) is 2. The van der Waals surface area contributed by atoms with E-state index < -0.39 is 0 Å². The molecule has 6 nitrogen and oxygen atoms in total. The lowest BCUT2D eigenvalue weighted by Crippen LogP contribution is -2.25. The molecule has 2 N–H and O–H groups in total. The first-order chi connectivity index (χ1) is 15.7. The summed E-state index contributed by atoms with van der Waals surface area (Å²) < 4.78 is 10.7. The number of rotatable bonds is 11. The molecule has 0 aromatic heterocycles. The molecule has 0 radical (unpaired) electrons. The van der Waals surface area contributed by atoms with E-state index in [4.69, 9.17) is 9.47 Å². The summed E-state index contributed by atoms with van der Waals surface area (Å²) >= 11 is 0. The fraction of sp³-hybridized carbons (Fsp3) is 0.231. The minimum atomic E-state index is -0.251. The molecule has 0 spiro atoms. The molecule has 0 unspecified atom stereocenters. The van der Waals surface area contributed by atoms with E-state index in [9.17, 15) is 9.59 Å². The van der Waals surface area contributed by atoms with Crippen molar-refractivity contribution in [3.8, 4) is 5.75 Å². The van der Waals surface area contributed by atoms with Gasteiger partial charge in [0, 0.05) is 43.5 Å². The Labute approximate surface area is 188 Å². The third-order valence-electron chi connectivity index (χ3n) is 4.81. The highest BCUT2D eigenvalue weighted by Crippen LogP contribution is 2.16. The van der Waals surface area contributed by atoms with E-state index in [2.05, 4.69) is 22.8 Å². The molecule has 0 saturated heterocycles. The SMILES string of the molecule is COCCCNC(=O)c1cccc(NC(=O)c2ccc(OCCc3ccccc3)cc2)c1. The zero-order valence-corrected chi connectivity index (χ0v) is 18.2. The van der Waals surface area contributed by atoms with Gasteiger partial charge in [-0.25, -0.2) is 0 Å². The quantitative estimate of drug-likeness (QED) is 0.442. The summed E-state index contributed by atoms with van der Waals surface area (Å²) in [5, 5.41) is 5.67. The summed E-state index contributed by atoms with van der Waals surface area (Å²) in [6.07, 6.45) is 1.56. The van der Waals surface area contributed by atoms with Crippen LogP contribution in [0.25, 0.3) is 0 Å². The number of nitrogens with one attached hydrogen (secondary N) is 2. The molecule has 0 heterocycles. The van der Waals surface area contributed by atoms with Crippen LogP contribution in [0.5, 0.6) is 5.75 Å². The predicted octanol–water partition coefficient (Wildman–Crippen LogP) is 4.33. The standard InChI is InChI=1S/C26H28N2O4/c1-31-17-6-16-27-25(29)22-9-5-10-23(19-22)28-26(30)21-11-13-24(14-12-21)32-18-15-20-7-3-2-4-8-20/h2-5,7-14,19H,6,15-18H2,1H3,(H,27,29)(H,28,30). The molecule has 0 aliphatic heterocycles. The maximum absolute atomic E-state index is 12.6. The Kier molecular flexibility index (Phi) is 8.83. The van der Waals surface area contributed by atoms with Gasteiger partial charge in [-0.15, -0.1) is 0 Å². The number of benzene rings is 3. The van der Waals surface area contributed by atoms with Crippen molar-refractivity contribution < 1.29 is 19.1 Å². The predicted molar refractivity (Wildman–Crippen MR) is 125 cm³/mol. The van der Waals surface area contributed by atoms with E-state index in [-0.39, 0.29) is 11.8 Å². The molecule has 2 amide bonds. The average Bonchev–Trinajstić information content (AvgIpc) is 2.83. The Morgan fingerprint density at radius 3 is 2.34 bits per heavy atom. The van der Waals surface area contributed by atoms with E-state index in [1.165, 1.54) is 5.56 Å². The third kappa shape index (κ3) is 7.25. The Balaban J connectivity index is 1.50. The monoisotopic (exact) mass is 432 g/mol. The Hall–Kier alpha value is -3.64. The molecular weight excluding hydrogens is 404 g/mol. The molecule has 0 saturated carbocycles. The van der Waals surface area contributed by atoms with Gasteiger partial charge in [-0.2, -0.15) is 0 Å². The highest BCUT2D eigenvalue weighted by atomic mass is 16.5. The topological polar surface area (TPSA) is 76.7 Å². The van der Waals surface area contributed by atoms with Crippen LogP contribution < -0.4 is 15.4 Å². The lowest BCUT2D eigenvalue weighted by Gasteiger charge is -2.10. The summed E-state index contributed by atoms with van der Waals surface area (Å²) in [6.45, 7) is 1.69. The molecular formula is C26H28N2O4. The normalized spacial score (nSPS) is 10.4. The number of ether oxygens (including phenoxy) is 2. The van der Waals surface area contributed by atoms with E-state index in [1.807, 2.05) is 18.2 Å². The second-order valence-electron chi connectivity index (χ2n) is 7.25. The summed E-state index contributed by atoms with van der Waals surface area (Å²) in [5.41, 5.74) is 2.77. The van der Waals surface area contributed by atoms with E-state index in [0.717, 1.165) is 12.8 Å². The van der Waals surface area contributed by atoms with Crippen LogP contribution in [0.1, 0.15) is 32.7 Å². The molecule has 0 bridgehead atoms. The lowest BCUT2D eigenvalue weighted by atomic mass is 10.1. The minimum absolute atomic E-state index is 0.186. The molecule has 3 aromatic carbocycles. The fourth-order valence-electron chi connectivity index (χ4n) is 3.10. The Morgan fingerprint density at radius 1 is 0.812 bits per heavy atom. The smallest absolute Gasteiger partial charge is 0.255 e. The summed E-state index contributed by atoms with van der Waals surface area (Å²) in [7, 11) is 1.63. The van der Waals surface area contributed by atoms with Crippen LogP contribution in [0.15, 0.2) is 78.9 Å². The zero-order chi connectivity index (χ0) is 22.6. The first-order valence-electron chi connectivity index (χ1n) is 10.6. The molecule has 166 valence electrons. The van der Waals surface area contributed by atoms with E-state index in [0.29, 0.717) is 42.3 Å². The number of methoxy groups -OCH3 is 1. The molecule has 0 atom stereocenters. The molecule has 3 rings (SSSR count). The van der Waals surface area contributed by atoms with Crippen LogP contribution in [0.2, 0.25) is 0 Å². The number of hydrogen-bond acceptors (Lipinski definition) is 4. The number of amides is 2. The Morgan fingerprint density at radius 2 is 1.59 bits per heavy atom. The van der Waals surface area contributed by atoms with Crippen molar-refractivity contribution in [1.29, 1.82) is 0 Å². The van der Waals surface area contributed by atoms with Gasteiger partial charge in [0.05, 0.1) is 6.61 Å². The number of carbonyl (C=O) groups excluding carboxylic acids is 2. The second kappa shape index (κ2) is 12.3. The van der Waals surface area contributed by atoms with Crippen LogP contribution >= 0.6 is 0 Å². The zero-order valence-electron chi connectivity index (χ0n) is 18.2. The lowest BCUT2D eigenvalue weighted by molar-refractivity contribution is 0.0947. The fourth-order valence-corrected chi connectivity index (χ4v) is 3.10. The maximum Gasteiger partial charge on any atom is 0.255 e. The van der Waals surface area contributed by atoms with Gasteiger partial charge >= 0.3 is 0 Å². The van der Waals surface area contributed by atoms with Crippen molar-refractivity contribution in [1.82, 2.24) is 5.32 Å². The second-order valence-corrected chi connectivity index (χ2v) is 7.25. The minimum Gasteiger partial charge on any atom is -0.493 e. The molecule has 0 aliphatic carbocycles.